The number of aliphatic hydroxyl groups is 1. The summed E-state index contributed by atoms with van der Waals surface area (Å²) in [4.78, 5) is 11.2. The highest BCUT2D eigenvalue weighted by atomic mass is 35.5. The van der Waals surface area contributed by atoms with Crippen LogP contribution in [0.25, 0.3) is 16.9 Å². The summed E-state index contributed by atoms with van der Waals surface area (Å²) in [5, 5.41) is 14.8. The van der Waals surface area contributed by atoms with Gasteiger partial charge in [0.2, 0.25) is 5.95 Å². The Morgan fingerprint density at radius 1 is 1.08 bits per heavy atom. The molecule has 0 radical (unpaired) electrons. The smallest absolute Gasteiger partial charge is 0.225 e. The van der Waals surface area contributed by atoms with Crippen LogP contribution in [0.3, 0.4) is 0 Å². The van der Waals surface area contributed by atoms with Gasteiger partial charge in [-0.05, 0) is 43.2 Å². The first-order valence-electron chi connectivity index (χ1n) is 8.26. The molecule has 0 spiro atoms. The number of aliphatic hydroxyl groups excluding tert-OH is 1. The maximum Gasteiger partial charge on any atom is 0.225 e. The second-order valence-electron chi connectivity index (χ2n) is 6.11. The Bertz CT molecular complexity index is 856. The van der Waals surface area contributed by atoms with Gasteiger partial charge in [-0.2, -0.15) is 5.10 Å². The fraction of sp³-hybridized carbons (Fsp3) is 0.278. The normalized spacial score (nSPS) is 15.5. The molecule has 0 atom stereocenters. The number of aromatic nitrogens is 4. The third kappa shape index (κ3) is 3.50. The van der Waals surface area contributed by atoms with E-state index in [9.17, 15) is 5.11 Å². The van der Waals surface area contributed by atoms with E-state index in [1.165, 1.54) is 0 Å². The highest BCUT2D eigenvalue weighted by Crippen LogP contribution is 2.22. The summed E-state index contributed by atoms with van der Waals surface area (Å²) in [6.07, 6.45) is 6.79. The molecule has 0 bridgehead atoms. The molecule has 0 saturated carbocycles. The van der Waals surface area contributed by atoms with Crippen molar-refractivity contribution in [3.8, 4) is 16.9 Å². The molecule has 1 N–H and O–H groups in total. The molecular formula is C18H18ClN5O. The molecule has 1 fully saturated rings. The fourth-order valence-electron chi connectivity index (χ4n) is 2.92. The number of anilines is 1. The summed E-state index contributed by atoms with van der Waals surface area (Å²) in [5.74, 6) is 0.698. The molecule has 4 rings (SSSR count). The van der Waals surface area contributed by atoms with Crippen molar-refractivity contribution in [2.75, 3.05) is 18.0 Å². The van der Waals surface area contributed by atoms with Crippen LogP contribution in [0.5, 0.6) is 0 Å². The van der Waals surface area contributed by atoms with Crippen molar-refractivity contribution in [1.29, 1.82) is 0 Å². The Morgan fingerprint density at radius 2 is 1.84 bits per heavy atom. The molecule has 1 aromatic carbocycles. The van der Waals surface area contributed by atoms with Gasteiger partial charge in [0, 0.05) is 36.1 Å². The minimum absolute atomic E-state index is 0.211. The number of benzene rings is 1. The van der Waals surface area contributed by atoms with Gasteiger partial charge in [-0.1, -0.05) is 11.6 Å². The molecule has 128 valence electrons. The summed E-state index contributed by atoms with van der Waals surface area (Å²) >= 11 is 5.93. The average Bonchev–Trinajstić information content (AvgIpc) is 3.13. The molecule has 7 heteroatoms. The van der Waals surface area contributed by atoms with Crippen molar-refractivity contribution in [3.63, 3.8) is 0 Å². The van der Waals surface area contributed by atoms with Crippen LogP contribution in [0, 0.1) is 0 Å². The highest BCUT2D eigenvalue weighted by Gasteiger charge is 2.19. The van der Waals surface area contributed by atoms with Gasteiger partial charge in [-0.15, -0.1) is 0 Å². The molecule has 0 amide bonds. The van der Waals surface area contributed by atoms with E-state index in [-0.39, 0.29) is 6.10 Å². The largest absolute Gasteiger partial charge is 0.393 e. The van der Waals surface area contributed by atoms with Crippen LogP contribution in [0.4, 0.5) is 5.95 Å². The molecule has 0 aliphatic carbocycles. The molecular weight excluding hydrogens is 338 g/mol. The van der Waals surface area contributed by atoms with E-state index in [2.05, 4.69) is 20.0 Å². The van der Waals surface area contributed by atoms with Crippen LogP contribution in [0.1, 0.15) is 12.8 Å². The Kier molecular flexibility index (Phi) is 4.38. The maximum atomic E-state index is 9.65. The number of hydrogen-bond acceptors (Lipinski definition) is 5. The van der Waals surface area contributed by atoms with Crippen LogP contribution in [-0.4, -0.2) is 44.0 Å². The van der Waals surface area contributed by atoms with Crippen LogP contribution in [0.2, 0.25) is 5.02 Å². The fourth-order valence-corrected chi connectivity index (χ4v) is 3.04. The molecule has 6 nitrogen and oxygen atoms in total. The first kappa shape index (κ1) is 16.1. The van der Waals surface area contributed by atoms with Crippen LogP contribution in [0.15, 0.2) is 48.9 Å². The predicted octanol–water partition coefficient (Wildman–Crippen LogP) is 2.94. The van der Waals surface area contributed by atoms with Gasteiger partial charge in [-0.25, -0.2) is 14.6 Å². The third-order valence-corrected chi connectivity index (χ3v) is 4.61. The van der Waals surface area contributed by atoms with Crippen LogP contribution >= 0.6 is 11.6 Å². The van der Waals surface area contributed by atoms with Crippen LogP contribution in [-0.2, 0) is 0 Å². The molecule has 0 unspecified atom stereocenters. The van der Waals surface area contributed by atoms with E-state index in [4.69, 9.17) is 11.6 Å². The first-order chi connectivity index (χ1) is 12.2. The highest BCUT2D eigenvalue weighted by molar-refractivity contribution is 6.30. The average molecular weight is 356 g/mol. The van der Waals surface area contributed by atoms with E-state index in [1.807, 2.05) is 36.5 Å². The summed E-state index contributed by atoms with van der Waals surface area (Å²) in [6, 6.07) is 9.40. The lowest BCUT2D eigenvalue weighted by Crippen LogP contribution is -2.36. The number of halogens is 1. The van der Waals surface area contributed by atoms with Gasteiger partial charge in [0.05, 0.1) is 23.7 Å². The topological polar surface area (TPSA) is 67.1 Å². The van der Waals surface area contributed by atoms with Crippen molar-refractivity contribution in [2.24, 2.45) is 0 Å². The summed E-state index contributed by atoms with van der Waals surface area (Å²) in [7, 11) is 0. The Labute approximate surface area is 150 Å². The van der Waals surface area contributed by atoms with Crippen molar-refractivity contribution in [1.82, 2.24) is 19.7 Å². The van der Waals surface area contributed by atoms with E-state index < -0.39 is 0 Å². The number of hydrogen-bond donors (Lipinski definition) is 1. The van der Waals surface area contributed by atoms with E-state index in [0.29, 0.717) is 11.0 Å². The third-order valence-electron chi connectivity index (χ3n) is 4.36. The molecule has 25 heavy (non-hydrogen) atoms. The van der Waals surface area contributed by atoms with Crippen molar-refractivity contribution < 1.29 is 5.11 Å². The Balaban J connectivity index is 1.58. The van der Waals surface area contributed by atoms with Gasteiger partial charge in [0.1, 0.15) is 0 Å². The zero-order chi connectivity index (χ0) is 17.2. The van der Waals surface area contributed by atoms with Crippen molar-refractivity contribution >= 4 is 17.5 Å². The van der Waals surface area contributed by atoms with Gasteiger partial charge >= 0.3 is 0 Å². The zero-order valence-corrected chi connectivity index (χ0v) is 14.3. The number of piperidine rings is 1. The summed E-state index contributed by atoms with van der Waals surface area (Å²) < 4.78 is 1.80. The molecule has 1 aliphatic heterocycles. The summed E-state index contributed by atoms with van der Waals surface area (Å²) in [5.41, 5.74) is 2.70. The van der Waals surface area contributed by atoms with Crippen molar-refractivity contribution in [3.05, 3.63) is 53.9 Å². The zero-order valence-electron chi connectivity index (χ0n) is 13.6. The minimum atomic E-state index is -0.211. The lowest BCUT2D eigenvalue weighted by Gasteiger charge is -2.29. The van der Waals surface area contributed by atoms with Gasteiger partial charge in [0.15, 0.2) is 0 Å². The molecule has 3 heterocycles. The van der Waals surface area contributed by atoms with E-state index in [0.717, 1.165) is 42.9 Å². The molecule has 1 saturated heterocycles. The monoisotopic (exact) mass is 355 g/mol. The van der Waals surface area contributed by atoms with Gasteiger partial charge < -0.3 is 10.0 Å². The second-order valence-corrected chi connectivity index (χ2v) is 6.55. The molecule has 3 aromatic rings. The quantitative estimate of drug-likeness (QED) is 0.782. The Hall–Kier alpha value is -2.44. The maximum absolute atomic E-state index is 9.65. The number of rotatable bonds is 3. The van der Waals surface area contributed by atoms with E-state index in [1.54, 1.807) is 17.1 Å². The van der Waals surface area contributed by atoms with Crippen molar-refractivity contribution in [2.45, 2.75) is 18.9 Å². The van der Waals surface area contributed by atoms with E-state index >= 15 is 0 Å². The number of nitrogens with zero attached hydrogens (tertiary/aromatic N) is 5. The summed E-state index contributed by atoms with van der Waals surface area (Å²) in [6.45, 7) is 1.54. The van der Waals surface area contributed by atoms with Gasteiger partial charge in [0.25, 0.3) is 0 Å². The van der Waals surface area contributed by atoms with Crippen LogP contribution < -0.4 is 4.90 Å². The Morgan fingerprint density at radius 3 is 2.60 bits per heavy atom. The predicted molar refractivity (Wildman–Crippen MR) is 97.1 cm³/mol. The lowest BCUT2D eigenvalue weighted by molar-refractivity contribution is 0.145. The first-order valence-corrected chi connectivity index (χ1v) is 8.64. The second kappa shape index (κ2) is 6.82. The SMILES string of the molecule is OC1CCN(c2nccc(-c3cnn(-c4ccc(Cl)cc4)c3)n2)CC1. The standard InChI is InChI=1S/C18H18ClN5O/c19-14-1-3-15(4-2-14)24-12-13(11-21-24)17-5-8-20-18(22-17)23-9-6-16(25)7-10-23/h1-5,8,11-12,16,25H,6-7,9-10H2. The lowest BCUT2D eigenvalue weighted by atomic mass is 10.1. The van der Waals surface area contributed by atoms with Gasteiger partial charge in [-0.3, -0.25) is 0 Å². The molecule has 1 aliphatic rings. The molecule has 2 aromatic heterocycles. The minimum Gasteiger partial charge on any atom is -0.393 e.